The van der Waals surface area contributed by atoms with Crippen LogP contribution in [0.15, 0.2) is 30.3 Å². The topological polar surface area (TPSA) is 43.1 Å². The van der Waals surface area contributed by atoms with Crippen LogP contribution in [0.1, 0.15) is 55.4 Å². The molecule has 20 heavy (non-hydrogen) atoms. The van der Waals surface area contributed by atoms with Crippen LogP contribution in [-0.2, 0) is 0 Å². The first-order valence-electron chi connectivity index (χ1n) is 6.97. The van der Waals surface area contributed by atoms with E-state index in [1.165, 1.54) is 5.56 Å². The highest BCUT2D eigenvalue weighted by molar-refractivity contribution is 7.16. The average molecular weight is 286 g/mol. The summed E-state index contributed by atoms with van der Waals surface area (Å²) >= 11 is 1.64. The Kier molecular flexibility index (Phi) is 3.53. The van der Waals surface area contributed by atoms with Crippen LogP contribution in [0.4, 0.5) is 0 Å². The Bertz CT molecular complexity index is 699. The summed E-state index contributed by atoms with van der Waals surface area (Å²) in [6.45, 7) is 6.43. The van der Waals surface area contributed by atoms with Crippen molar-refractivity contribution in [3.05, 3.63) is 46.7 Å². The zero-order valence-electron chi connectivity index (χ0n) is 11.9. The number of fused-ring (bicyclic) bond motifs is 1. The molecular formula is C15H18N4S. The molecule has 0 aliphatic heterocycles. The molecule has 0 aliphatic rings. The number of hydrogen-bond acceptors (Lipinski definition) is 4. The molecule has 0 spiro atoms. The summed E-state index contributed by atoms with van der Waals surface area (Å²) in [6, 6.07) is 10.5. The van der Waals surface area contributed by atoms with Gasteiger partial charge >= 0.3 is 0 Å². The van der Waals surface area contributed by atoms with Gasteiger partial charge in [0.2, 0.25) is 4.96 Å². The van der Waals surface area contributed by atoms with E-state index in [0.29, 0.717) is 11.8 Å². The molecule has 0 saturated heterocycles. The van der Waals surface area contributed by atoms with Gasteiger partial charge in [-0.15, -0.1) is 10.2 Å². The Morgan fingerprint density at radius 3 is 2.55 bits per heavy atom. The summed E-state index contributed by atoms with van der Waals surface area (Å²) in [6.07, 6.45) is 1.03. The van der Waals surface area contributed by atoms with Gasteiger partial charge in [0.05, 0.1) is 0 Å². The predicted octanol–water partition coefficient (Wildman–Crippen LogP) is 3.85. The highest BCUT2D eigenvalue weighted by Crippen LogP contribution is 2.31. The third-order valence-corrected chi connectivity index (χ3v) is 4.47. The quantitative estimate of drug-likeness (QED) is 0.731. The van der Waals surface area contributed by atoms with Gasteiger partial charge in [-0.1, -0.05) is 62.4 Å². The smallest absolute Gasteiger partial charge is 0.187 e. The summed E-state index contributed by atoms with van der Waals surface area (Å²) in [4.78, 5) is 0.887. The van der Waals surface area contributed by atoms with E-state index in [2.05, 4.69) is 55.2 Å². The van der Waals surface area contributed by atoms with Crippen LogP contribution < -0.4 is 0 Å². The maximum absolute atomic E-state index is 4.75. The minimum absolute atomic E-state index is 0.330. The Hall–Kier alpha value is -1.75. The molecule has 4 nitrogen and oxygen atoms in total. The first-order chi connectivity index (χ1) is 9.70. The molecule has 0 bridgehead atoms. The standard InChI is InChI=1S/C15H18N4S/c1-4-12(11-8-6-5-7-9-11)14-18-19-13(10(2)3)16-17-15(19)20-14/h5-10,12H,4H2,1-3H3/t12-/m1/s1. The van der Waals surface area contributed by atoms with Crippen molar-refractivity contribution < 1.29 is 0 Å². The maximum atomic E-state index is 4.75. The molecule has 0 N–H and O–H groups in total. The summed E-state index contributed by atoms with van der Waals surface area (Å²) in [5, 5.41) is 14.3. The van der Waals surface area contributed by atoms with Crippen molar-refractivity contribution >= 4 is 16.3 Å². The minimum atomic E-state index is 0.330. The molecule has 3 aromatic rings. The molecule has 1 atom stereocenters. The zero-order chi connectivity index (χ0) is 14.1. The first-order valence-corrected chi connectivity index (χ1v) is 7.79. The van der Waals surface area contributed by atoms with E-state index in [-0.39, 0.29) is 0 Å². The van der Waals surface area contributed by atoms with Crippen molar-refractivity contribution in [2.75, 3.05) is 0 Å². The molecule has 0 saturated carbocycles. The molecule has 2 heterocycles. The number of benzene rings is 1. The van der Waals surface area contributed by atoms with E-state index in [1.54, 1.807) is 11.3 Å². The van der Waals surface area contributed by atoms with E-state index in [9.17, 15) is 0 Å². The Morgan fingerprint density at radius 2 is 1.90 bits per heavy atom. The van der Waals surface area contributed by atoms with Crippen LogP contribution in [0.2, 0.25) is 0 Å². The van der Waals surface area contributed by atoms with Gasteiger partial charge in [0.1, 0.15) is 5.01 Å². The lowest BCUT2D eigenvalue weighted by molar-refractivity contribution is 0.694. The molecule has 0 amide bonds. The molecular weight excluding hydrogens is 268 g/mol. The maximum Gasteiger partial charge on any atom is 0.234 e. The van der Waals surface area contributed by atoms with Gasteiger partial charge in [-0.3, -0.25) is 0 Å². The molecule has 0 aliphatic carbocycles. The molecule has 104 valence electrons. The molecule has 5 heteroatoms. The first kappa shape index (κ1) is 13.2. The monoisotopic (exact) mass is 286 g/mol. The van der Waals surface area contributed by atoms with E-state index in [4.69, 9.17) is 5.10 Å². The Labute approximate surface area is 122 Å². The number of aromatic nitrogens is 4. The van der Waals surface area contributed by atoms with Gasteiger partial charge < -0.3 is 0 Å². The van der Waals surface area contributed by atoms with Crippen molar-refractivity contribution in [3.63, 3.8) is 0 Å². The largest absolute Gasteiger partial charge is 0.234 e. The van der Waals surface area contributed by atoms with Gasteiger partial charge in [0, 0.05) is 11.8 Å². The second-order valence-electron chi connectivity index (χ2n) is 5.22. The Morgan fingerprint density at radius 1 is 1.15 bits per heavy atom. The fourth-order valence-electron chi connectivity index (χ4n) is 2.39. The van der Waals surface area contributed by atoms with Gasteiger partial charge in [-0.25, -0.2) is 0 Å². The van der Waals surface area contributed by atoms with Crippen LogP contribution in [0.25, 0.3) is 4.96 Å². The van der Waals surface area contributed by atoms with E-state index in [1.807, 2.05) is 10.6 Å². The second-order valence-corrected chi connectivity index (χ2v) is 6.21. The van der Waals surface area contributed by atoms with E-state index >= 15 is 0 Å². The molecule has 3 rings (SSSR count). The van der Waals surface area contributed by atoms with E-state index < -0.39 is 0 Å². The van der Waals surface area contributed by atoms with Crippen LogP contribution in [0.3, 0.4) is 0 Å². The normalized spacial score (nSPS) is 13.2. The summed E-state index contributed by atoms with van der Waals surface area (Å²) in [5.41, 5.74) is 1.31. The summed E-state index contributed by atoms with van der Waals surface area (Å²) < 4.78 is 1.90. The van der Waals surface area contributed by atoms with Crippen LogP contribution in [0, 0.1) is 0 Å². The van der Waals surface area contributed by atoms with Crippen molar-refractivity contribution in [3.8, 4) is 0 Å². The molecule has 0 fully saturated rings. The van der Waals surface area contributed by atoms with Crippen LogP contribution >= 0.6 is 11.3 Å². The van der Waals surface area contributed by atoms with Gasteiger partial charge in [0.15, 0.2) is 5.82 Å². The van der Waals surface area contributed by atoms with Gasteiger partial charge in [0.25, 0.3) is 0 Å². The third-order valence-electron chi connectivity index (χ3n) is 3.46. The van der Waals surface area contributed by atoms with Crippen molar-refractivity contribution in [1.82, 2.24) is 19.8 Å². The fourth-order valence-corrected chi connectivity index (χ4v) is 3.44. The summed E-state index contributed by atoms with van der Waals surface area (Å²) in [5.74, 6) is 1.60. The number of nitrogens with zero attached hydrogens (tertiary/aromatic N) is 4. The van der Waals surface area contributed by atoms with Gasteiger partial charge in [-0.2, -0.15) is 9.61 Å². The fraction of sp³-hybridized carbons (Fsp3) is 0.400. The Balaban J connectivity index is 2.04. The molecule has 0 unspecified atom stereocenters. The summed E-state index contributed by atoms with van der Waals surface area (Å²) in [7, 11) is 0. The highest BCUT2D eigenvalue weighted by atomic mass is 32.1. The lowest BCUT2D eigenvalue weighted by Gasteiger charge is -2.11. The number of hydrogen-bond donors (Lipinski definition) is 0. The zero-order valence-corrected chi connectivity index (χ0v) is 12.8. The predicted molar refractivity (Wildman–Crippen MR) is 81.3 cm³/mol. The van der Waals surface area contributed by atoms with Crippen LogP contribution in [0.5, 0.6) is 0 Å². The third kappa shape index (κ3) is 2.22. The second kappa shape index (κ2) is 5.32. The van der Waals surface area contributed by atoms with Crippen molar-refractivity contribution in [1.29, 1.82) is 0 Å². The average Bonchev–Trinajstić information content (AvgIpc) is 3.00. The van der Waals surface area contributed by atoms with Crippen molar-refractivity contribution in [2.24, 2.45) is 0 Å². The lowest BCUT2D eigenvalue weighted by Crippen LogP contribution is -2.02. The lowest BCUT2D eigenvalue weighted by atomic mass is 9.97. The minimum Gasteiger partial charge on any atom is -0.187 e. The van der Waals surface area contributed by atoms with Crippen LogP contribution in [-0.4, -0.2) is 19.8 Å². The van der Waals surface area contributed by atoms with Gasteiger partial charge in [-0.05, 0) is 12.0 Å². The molecule has 0 radical (unpaired) electrons. The molecule has 2 aromatic heterocycles. The van der Waals surface area contributed by atoms with E-state index in [0.717, 1.165) is 22.2 Å². The molecule has 1 aromatic carbocycles. The number of rotatable bonds is 4. The SMILES string of the molecule is CC[C@H](c1ccccc1)c1nn2c(C(C)C)nnc2s1. The highest BCUT2D eigenvalue weighted by Gasteiger charge is 2.20. The van der Waals surface area contributed by atoms with Crippen molar-refractivity contribution in [2.45, 2.75) is 39.0 Å².